The third-order valence-corrected chi connectivity index (χ3v) is 4.92. The zero-order valence-electron chi connectivity index (χ0n) is 14.9. The van der Waals surface area contributed by atoms with Crippen LogP contribution >= 0.6 is 0 Å². The maximum absolute atomic E-state index is 11.1. The van der Waals surface area contributed by atoms with Crippen molar-refractivity contribution in [3.8, 4) is 5.75 Å². The Morgan fingerprint density at radius 3 is 2.50 bits per heavy atom. The van der Waals surface area contributed by atoms with Gasteiger partial charge in [-0.3, -0.25) is 0 Å². The SMILES string of the molecule is C=CC(C)=C(C1=C(C)CCCC1(C)C)c1ccc(C(=O)O)cc1O. The van der Waals surface area contributed by atoms with Crippen molar-refractivity contribution < 1.29 is 15.0 Å². The number of aromatic carboxylic acids is 1. The quantitative estimate of drug-likeness (QED) is 0.710. The molecule has 2 rings (SSSR count). The molecule has 0 aromatic heterocycles. The van der Waals surface area contributed by atoms with E-state index < -0.39 is 5.97 Å². The van der Waals surface area contributed by atoms with Gasteiger partial charge in [0.15, 0.2) is 0 Å². The number of aromatic hydroxyl groups is 1. The molecule has 1 aliphatic rings. The third kappa shape index (κ3) is 3.30. The van der Waals surface area contributed by atoms with Crippen molar-refractivity contribution in [3.63, 3.8) is 0 Å². The second-order valence-corrected chi connectivity index (χ2v) is 7.19. The normalized spacial score (nSPS) is 18.2. The molecule has 128 valence electrons. The van der Waals surface area contributed by atoms with Crippen LogP contribution in [0.25, 0.3) is 5.57 Å². The highest BCUT2D eigenvalue weighted by Crippen LogP contribution is 2.49. The molecule has 1 aromatic rings. The summed E-state index contributed by atoms with van der Waals surface area (Å²) < 4.78 is 0. The van der Waals surface area contributed by atoms with Crippen molar-refractivity contribution in [2.45, 2.75) is 47.0 Å². The van der Waals surface area contributed by atoms with Gasteiger partial charge in [0.1, 0.15) is 5.75 Å². The molecule has 0 atom stereocenters. The van der Waals surface area contributed by atoms with Gasteiger partial charge in [0, 0.05) is 5.56 Å². The second-order valence-electron chi connectivity index (χ2n) is 7.19. The molecule has 0 radical (unpaired) electrons. The monoisotopic (exact) mass is 326 g/mol. The van der Waals surface area contributed by atoms with Gasteiger partial charge < -0.3 is 10.2 Å². The van der Waals surface area contributed by atoms with E-state index in [0.29, 0.717) is 5.56 Å². The van der Waals surface area contributed by atoms with Crippen LogP contribution in [-0.2, 0) is 0 Å². The number of carboxylic acid groups (broad SMARTS) is 1. The minimum absolute atomic E-state index is 0.000153. The number of rotatable bonds is 4. The Hall–Kier alpha value is -2.29. The highest BCUT2D eigenvalue weighted by Gasteiger charge is 2.32. The summed E-state index contributed by atoms with van der Waals surface area (Å²) in [6, 6.07) is 4.56. The molecule has 3 nitrogen and oxygen atoms in total. The van der Waals surface area contributed by atoms with Crippen LogP contribution in [-0.4, -0.2) is 16.2 Å². The zero-order valence-corrected chi connectivity index (χ0v) is 14.9. The van der Waals surface area contributed by atoms with Crippen LogP contribution in [0.4, 0.5) is 0 Å². The Morgan fingerprint density at radius 2 is 2.00 bits per heavy atom. The summed E-state index contributed by atoms with van der Waals surface area (Å²) in [4.78, 5) is 11.1. The van der Waals surface area contributed by atoms with Crippen LogP contribution in [0.15, 0.2) is 47.6 Å². The Balaban J connectivity index is 2.73. The molecule has 0 unspecified atom stereocenters. The number of benzene rings is 1. The summed E-state index contributed by atoms with van der Waals surface area (Å²) in [7, 11) is 0. The molecule has 0 aliphatic heterocycles. The number of hydrogen-bond donors (Lipinski definition) is 2. The number of phenols is 1. The largest absolute Gasteiger partial charge is 0.507 e. The van der Waals surface area contributed by atoms with Gasteiger partial charge in [-0.1, -0.05) is 32.1 Å². The first-order valence-corrected chi connectivity index (χ1v) is 8.29. The topological polar surface area (TPSA) is 57.5 Å². The van der Waals surface area contributed by atoms with Crippen molar-refractivity contribution >= 4 is 11.5 Å². The van der Waals surface area contributed by atoms with Gasteiger partial charge in [0.05, 0.1) is 5.56 Å². The number of carbonyl (C=O) groups is 1. The lowest BCUT2D eigenvalue weighted by atomic mass is 9.68. The maximum atomic E-state index is 11.1. The highest BCUT2D eigenvalue weighted by atomic mass is 16.4. The van der Waals surface area contributed by atoms with Crippen LogP contribution in [0.2, 0.25) is 0 Å². The summed E-state index contributed by atoms with van der Waals surface area (Å²) in [5.41, 5.74) is 5.27. The van der Waals surface area contributed by atoms with Gasteiger partial charge in [0.25, 0.3) is 0 Å². The molecule has 0 bridgehead atoms. The van der Waals surface area contributed by atoms with Crippen molar-refractivity contribution in [1.82, 2.24) is 0 Å². The summed E-state index contributed by atoms with van der Waals surface area (Å²) in [6.07, 6.45) is 5.08. The van der Waals surface area contributed by atoms with Crippen molar-refractivity contribution in [1.29, 1.82) is 0 Å². The van der Waals surface area contributed by atoms with Gasteiger partial charge in [-0.15, -0.1) is 0 Å². The lowest BCUT2D eigenvalue weighted by Crippen LogP contribution is -2.22. The molecular weight excluding hydrogens is 300 g/mol. The lowest BCUT2D eigenvalue weighted by molar-refractivity contribution is 0.0696. The predicted molar refractivity (Wildman–Crippen MR) is 98.2 cm³/mol. The van der Waals surface area contributed by atoms with Crippen molar-refractivity contribution in [2.75, 3.05) is 0 Å². The summed E-state index contributed by atoms with van der Waals surface area (Å²) in [5, 5.41) is 19.6. The average molecular weight is 326 g/mol. The van der Waals surface area contributed by atoms with Gasteiger partial charge in [-0.2, -0.15) is 0 Å². The van der Waals surface area contributed by atoms with E-state index in [1.54, 1.807) is 18.2 Å². The number of phenolic OH excluding ortho intramolecular Hbond substituents is 1. The van der Waals surface area contributed by atoms with E-state index in [1.807, 2.05) is 6.92 Å². The zero-order chi connectivity index (χ0) is 18.1. The third-order valence-electron chi connectivity index (χ3n) is 4.92. The second kappa shape index (κ2) is 6.68. The first kappa shape index (κ1) is 18.1. The molecule has 0 saturated carbocycles. The average Bonchev–Trinajstić information content (AvgIpc) is 2.50. The summed E-state index contributed by atoms with van der Waals surface area (Å²) in [6.45, 7) is 12.5. The summed E-state index contributed by atoms with van der Waals surface area (Å²) >= 11 is 0. The van der Waals surface area contributed by atoms with Crippen LogP contribution in [0.3, 0.4) is 0 Å². The molecule has 0 spiro atoms. The fourth-order valence-corrected chi connectivity index (χ4v) is 3.70. The molecule has 0 heterocycles. The standard InChI is InChI=1S/C21H26O3/c1-6-13(2)18(19-14(3)8-7-11-21(19,4)5)16-10-9-15(20(23)24)12-17(16)22/h6,9-10,12,22H,1,7-8,11H2,2-5H3,(H,23,24). The van der Waals surface area contributed by atoms with E-state index in [1.165, 1.54) is 17.2 Å². The molecule has 2 N–H and O–H groups in total. The molecular formula is C21H26O3. The van der Waals surface area contributed by atoms with E-state index in [-0.39, 0.29) is 16.7 Å². The number of hydrogen-bond acceptors (Lipinski definition) is 2. The first-order chi connectivity index (χ1) is 11.2. The Bertz CT molecular complexity index is 748. The van der Waals surface area contributed by atoms with E-state index in [0.717, 1.165) is 30.4 Å². The van der Waals surface area contributed by atoms with Crippen LogP contribution in [0.1, 0.15) is 62.9 Å². The Kier molecular flexibility index (Phi) is 5.02. The first-order valence-electron chi connectivity index (χ1n) is 8.29. The molecule has 0 saturated heterocycles. The Morgan fingerprint density at radius 1 is 1.33 bits per heavy atom. The van der Waals surface area contributed by atoms with Gasteiger partial charge in [-0.05, 0) is 73.4 Å². The van der Waals surface area contributed by atoms with Crippen LogP contribution in [0.5, 0.6) is 5.75 Å². The highest BCUT2D eigenvalue weighted by molar-refractivity contribution is 5.92. The van der Waals surface area contributed by atoms with Gasteiger partial charge in [0.2, 0.25) is 0 Å². The molecule has 3 heteroatoms. The van der Waals surface area contributed by atoms with E-state index in [2.05, 4.69) is 27.4 Å². The number of carboxylic acids is 1. The van der Waals surface area contributed by atoms with E-state index in [4.69, 9.17) is 5.11 Å². The Labute approximate surface area is 144 Å². The van der Waals surface area contributed by atoms with E-state index in [9.17, 15) is 9.90 Å². The van der Waals surface area contributed by atoms with Crippen LogP contribution < -0.4 is 0 Å². The maximum Gasteiger partial charge on any atom is 0.335 e. The molecule has 1 aromatic carbocycles. The number of allylic oxidation sites excluding steroid dienone is 5. The van der Waals surface area contributed by atoms with Gasteiger partial charge in [-0.25, -0.2) is 4.79 Å². The molecule has 24 heavy (non-hydrogen) atoms. The molecule has 0 fully saturated rings. The predicted octanol–water partition coefficient (Wildman–Crippen LogP) is 5.58. The lowest BCUT2D eigenvalue weighted by Gasteiger charge is -2.37. The minimum atomic E-state index is -1.05. The fraction of sp³-hybridized carbons (Fsp3) is 0.381. The molecule has 1 aliphatic carbocycles. The van der Waals surface area contributed by atoms with Crippen molar-refractivity contribution in [2.24, 2.45) is 5.41 Å². The fourth-order valence-electron chi connectivity index (χ4n) is 3.70. The van der Waals surface area contributed by atoms with E-state index >= 15 is 0 Å². The van der Waals surface area contributed by atoms with Crippen LogP contribution in [0, 0.1) is 5.41 Å². The smallest absolute Gasteiger partial charge is 0.335 e. The summed E-state index contributed by atoms with van der Waals surface area (Å²) in [5.74, 6) is -1.05. The minimum Gasteiger partial charge on any atom is -0.507 e. The van der Waals surface area contributed by atoms with Crippen molar-refractivity contribution in [3.05, 3.63) is 58.7 Å². The van der Waals surface area contributed by atoms with Gasteiger partial charge >= 0.3 is 5.97 Å². The molecule has 0 amide bonds.